The summed E-state index contributed by atoms with van der Waals surface area (Å²) in [5, 5.41) is 14.8. The summed E-state index contributed by atoms with van der Waals surface area (Å²) in [6.45, 7) is 8.30. The van der Waals surface area contributed by atoms with Crippen LogP contribution in [-0.2, 0) is 4.79 Å². The molecular formula is C21H21N5OS2. The fourth-order valence-corrected chi connectivity index (χ4v) is 4.84. The van der Waals surface area contributed by atoms with Gasteiger partial charge in [-0.1, -0.05) is 12.1 Å². The Labute approximate surface area is 178 Å². The summed E-state index contributed by atoms with van der Waals surface area (Å²) in [6.07, 6.45) is 3.67. The molecule has 0 atom stereocenters. The average Bonchev–Trinajstić information content (AvgIpc) is 3.22. The molecule has 0 spiro atoms. The van der Waals surface area contributed by atoms with Gasteiger partial charge in [-0.25, -0.2) is 0 Å². The molecule has 0 unspecified atom stereocenters. The lowest BCUT2D eigenvalue weighted by Crippen LogP contribution is -2.35. The first-order valence-electron chi connectivity index (χ1n) is 9.11. The van der Waals surface area contributed by atoms with Crippen LogP contribution in [0.15, 0.2) is 39.9 Å². The fraction of sp³-hybridized carbons (Fsp3) is 0.238. The predicted molar refractivity (Wildman–Crippen MR) is 123 cm³/mol. The van der Waals surface area contributed by atoms with Crippen molar-refractivity contribution < 1.29 is 4.79 Å². The second kappa shape index (κ2) is 7.35. The number of aryl methyl sites for hydroxylation is 2. The van der Waals surface area contributed by atoms with Gasteiger partial charge in [-0.3, -0.25) is 10.2 Å². The van der Waals surface area contributed by atoms with E-state index in [-0.39, 0.29) is 11.4 Å². The highest BCUT2D eigenvalue weighted by Gasteiger charge is 2.35. The smallest absolute Gasteiger partial charge is 0.283 e. The van der Waals surface area contributed by atoms with Crippen LogP contribution in [0.25, 0.3) is 11.8 Å². The number of aliphatic imine (C=N–C) groups is 1. The molecule has 4 rings (SSSR count). The molecule has 6 nitrogen and oxygen atoms in total. The summed E-state index contributed by atoms with van der Waals surface area (Å²) in [5.74, 6) is -0.337. The van der Waals surface area contributed by atoms with E-state index < -0.39 is 5.91 Å². The molecule has 2 aliphatic rings. The van der Waals surface area contributed by atoms with Gasteiger partial charge in [0, 0.05) is 17.1 Å². The Morgan fingerprint density at radius 1 is 1.21 bits per heavy atom. The molecule has 148 valence electrons. The Balaban J connectivity index is 1.78. The molecule has 8 heteroatoms. The standard InChI is InChI=1S/C21H21N5OS2/c1-11-7-6-8-17(13(11)3)25-12(2)9-15(14(25)4)10-16-18(22)26-20(23-19(16)27)29-21(24-26)28-5/h6-10,22H,1-5H3/b16-10+,22-18?. The number of hydrogen-bond acceptors (Lipinski definition) is 5. The van der Waals surface area contributed by atoms with Crippen molar-refractivity contribution in [3.05, 3.63) is 57.9 Å². The largest absolute Gasteiger partial charge is 0.318 e. The number of nitrogens with one attached hydrogen (secondary N) is 1. The second-order valence-corrected chi connectivity index (χ2v) is 8.98. The number of thioether (sulfide) groups is 2. The number of amidine groups is 2. The number of fused-ring (bicyclic) bond motifs is 1. The molecule has 0 fully saturated rings. The summed E-state index contributed by atoms with van der Waals surface area (Å²) in [5.41, 5.74) is 6.81. The second-order valence-electron chi connectivity index (χ2n) is 6.97. The van der Waals surface area contributed by atoms with Crippen LogP contribution >= 0.6 is 23.5 Å². The molecule has 1 N–H and O–H groups in total. The minimum absolute atomic E-state index is 0.0630. The number of hydrazone groups is 1. The van der Waals surface area contributed by atoms with Crippen molar-refractivity contribution in [3.63, 3.8) is 0 Å². The SMILES string of the molecule is CSC1=NN2C(=N)/C(=C\c3cc(C)n(-c4cccc(C)c4C)c3C)C(=O)N=C2S1. The molecule has 0 saturated heterocycles. The quantitative estimate of drug-likeness (QED) is 0.714. The monoisotopic (exact) mass is 423 g/mol. The third-order valence-corrected chi connectivity index (χ3v) is 7.08. The van der Waals surface area contributed by atoms with Crippen LogP contribution in [0.4, 0.5) is 0 Å². The number of benzene rings is 1. The van der Waals surface area contributed by atoms with Gasteiger partial charge >= 0.3 is 0 Å². The van der Waals surface area contributed by atoms with Gasteiger partial charge in [0.05, 0.1) is 5.57 Å². The fourth-order valence-electron chi connectivity index (χ4n) is 3.49. The van der Waals surface area contributed by atoms with Gasteiger partial charge in [-0.15, -0.1) is 16.9 Å². The topological polar surface area (TPSA) is 73.8 Å². The lowest BCUT2D eigenvalue weighted by molar-refractivity contribution is -0.114. The molecule has 0 saturated carbocycles. The number of amides is 1. The maximum absolute atomic E-state index is 12.6. The van der Waals surface area contributed by atoms with E-state index >= 15 is 0 Å². The number of carbonyl (C=O) groups excluding carboxylic acids is 1. The molecule has 3 heterocycles. The van der Waals surface area contributed by atoms with Crippen LogP contribution in [0, 0.1) is 33.1 Å². The van der Waals surface area contributed by atoms with Crippen LogP contribution in [0.3, 0.4) is 0 Å². The van der Waals surface area contributed by atoms with Gasteiger partial charge in [0.2, 0.25) is 5.17 Å². The molecule has 1 aromatic carbocycles. The Morgan fingerprint density at radius 2 is 1.97 bits per heavy atom. The summed E-state index contributed by atoms with van der Waals surface area (Å²) in [4.78, 5) is 16.8. The summed E-state index contributed by atoms with van der Waals surface area (Å²) < 4.78 is 2.96. The Kier molecular flexibility index (Phi) is 5.00. The van der Waals surface area contributed by atoms with Crippen LogP contribution < -0.4 is 0 Å². The number of aromatic nitrogens is 1. The number of rotatable bonds is 2. The van der Waals surface area contributed by atoms with E-state index in [2.05, 4.69) is 46.7 Å². The lowest BCUT2D eigenvalue weighted by atomic mass is 10.1. The van der Waals surface area contributed by atoms with Gasteiger partial charge in [-0.05, 0) is 80.6 Å². The zero-order valence-corrected chi connectivity index (χ0v) is 18.5. The molecule has 0 aliphatic carbocycles. The number of hydrogen-bond donors (Lipinski definition) is 1. The van der Waals surface area contributed by atoms with Gasteiger partial charge in [0.25, 0.3) is 5.91 Å². The molecule has 2 aliphatic heterocycles. The van der Waals surface area contributed by atoms with Gasteiger partial charge in [0.1, 0.15) is 0 Å². The Hall–Kier alpha value is -2.58. The average molecular weight is 424 g/mol. The molecule has 0 radical (unpaired) electrons. The van der Waals surface area contributed by atoms with Crippen LogP contribution in [-0.4, -0.2) is 37.1 Å². The number of carbonyl (C=O) groups is 1. The summed E-state index contributed by atoms with van der Waals surface area (Å²) in [6, 6.07) is 8.30. The highest BCUT2D eigenvalue weighted by Crippen LogP contribution is 2.32. The molecule has 29 heavy (non-hydrogen) atoms. The highest BCUT2D eigenvalue weighted by molar-refractivity contribution is 8.45. The highest BCUT2D eigenvalue weighted by atomic mass is 32.2. The van der Waals surface area contributed by atoms with E-state index in [4.69, 9.17) is 5.41 Å². The van der Waals surface area contributed by atoms with Crippen molar-refractivity contribution in [1.82, 2.24) is 9.58 Å². The molecule has 1 aromatic heterocycles. The van der Waals surface area contributed by atoms with Crippen molar-refractivity contribution >= 4 is 50.9 Å². The Bertz CT molecular complexity index is 1160. The zero-order valence-electron chi connectivity index (χ0n) is 16.9. The van der Waals surface area contributed by atoms with Crippen molar-refractivity contribution in [2.45, 2.75) is 27.7 Å². The van der Waals surface area contributed by atoms with Gasteiger partial charge in [-0.2, -0.15) is 10.0 Å². The lowest BCUT2D eigenvalue weighted by Gasteiger charge is -2.20. The Morgan fingerprint density at radius 3 is 2.69 bits per heavy atom. The van der Waals surface area contributed by atoms with E-state index in [9.17, 15) is 4.79 Å². The summed E-state index contributed by atoms with van der Waals surface area (Å²) in [7, 11) is 0. The molecule has 2 aromatic rings. The molecule has 1 amide bonds. The van der Waals surface area contributed by atoms with E-state index in [0.29, 0.717) is 5.17 Å². The van der Waals surface area contributed by atoms with Crippen LogP contribution in [0.5, 0.6) is 0 Å². The van der Waals surface area contributed by atoms with Crippen molar-refractivity contribution in [2.24, 2.45) is 10.1 Å². The first-order valence-corrected chi connectivity index (χ1v) is 11.2. The van der Waals surface area contributed by atoms with Gasteiger partial charge < -0.3 is 4.57 Å². The normalized spacial score (nSPS) is 17.7. The first-order chi connectivity index (χ1) is 13.8. The van der Waals surface area contributed by atoms with E-state index in [0.717, 1.165) is 27.0 Å². The minimum atomic E-state index is -0.400. The third kappa shape index (κ3) is 3.26. The summed E-state index contributed by atoms with van der Waals surface area (Å²) >= 11 is 2.79. The van der Waals surface area contributed by atoms with Crippen molar-refractivity contribution in [2.75, 3.05) is 6.26 Å². The maximum Gasteiger partial charge on any atom is 0.283 e. The van der Waals surface area contributed by atoms with E-state index in [1.165, 1.54) is 39.7 Å². The van der Waals surface area contributed by atoms with Crippen LogP contribution in [0.2, 0.25) is 0 Å². The maximum atomic E-state index is 12.6. The number of nitrogens with zero attached hydrogens (tertiary/aromatic N) is 4. The minimum Gasteiger partial charge on any atom is -0.318 e. The predicted octanol–water partition coefficient (Wildman–Crippen LogP) is 4.65. The van der Waals surface area contributed by atoms with E-state index in [1.54, 1.807) is 6.08 Å². The zero-order chi connectivity index (χ0) is 20.9. The van der Waals surface area contributed by atoms with Crippen molar-refractivity contribution in [3.8, 4) is 5.69 Å². The van der Waals surface area contributed by atoms with E-state index in [1.807, 2.05) is 26.2 Å². The first kappa shape index (κ1) is 19.7. The van der Waals surface area contributed by atoms with Crippen molar-refractivity contribution in [1.29, 1.82) is 5.41 Å². The third-order valence-electron chi connectivity index (χ3n) is 5.20. The van der Waals surface area contributed by atoms with Crippen LogP contribution in [0.1, 0.15) is 28.1 Å². The molecular weight excluding hydrogens is 402 g/mol. The molecule has 0 bridgehead atoms. The van der Waals surface area contributed by atoms with Gasteiger partial charge in [0.15, 0.2) is 10.2 Å².